The molecule has 0 aromatic carbocycles. The second-order valence-electron chi connectivity index (χ2n) is 3.50. The van der Waals surface area contributed by atoms with Gasteiger partial charge in [-0.05, 0) is 12.8 Å². The lowest BCUT2D eigenvalue weighted by molar-refractivity contribution is 0.409. The number of nitrogens with two attached hydrogens (primary N) is 1. The highest BCUT2D eigenvalue weighted by Crippen LogP contribution is 2.41. The van der Waals surface area contributed by atoms with Crippen LogP contribution in [-0.2, 0) is 0 Å². The van der Waals surface area contributed by atoms with Crippen LogP contribution in [0.1, 0.15) is 32.6 Å². The van der Waals surface area contributed by atoms with Crippen LogP contribution in [0.25, 0.3) is 0 Å². The minimum atomic E-state index is 0.121. The smallest absolute Gasteiger partial charge is 0.0930 e. The molecule has 2 N–H and O–H groups in total. The molecule has 2 nitrogen and oxygen atoms in total. The van der Waals surface area contributed by atoms with Crippen molar-refractivity contribution in [1.29, 1.82) is 5.26 Å². The number of allylic oxidation sites excluding steroid dienone is 2. The highest BCUT2D eigenvalue weighted by Gasteiger charge is 2.30. The predicted octanol–water partition coefficient (Wildman–Crippen LogP) is 1.93. The quantitative estimate of drug-likeness (QED) is 0.581. The van der Waals surface area contributed by atoms with Crippen molar-refractivity contribution in [2.24, 2.45) is 11.1 Å². The van der Waals surface area contributed by atoms with Crippen molar-refractivity contribution in [3.8, 4) is 6.07 Å². The standard InChI is InChI=1S/C9H14N2/c1-9(5-2-3-6-9)8(11)4-7-10/h4H,2-3,5-6,11H2,1H3. The Morgan fingerprint density at radius 2 is 2.09 bits per heavy atom. The van der Waals surface area contributed by atoms with Gasteiger partial charge < -0.3 is 5.73 Å². The van der Waals surface area contributed by atoms with E-state index in [4.69, 9.17) is 11.0 Å². The molecule has 1 aliphatic carbocycles. The molecule has 1 saturated carbocycles. The van der Waals surface area contributed by atoms with Crippen LogP contribution in [0, 0.1) is 16.7 Å². The normalized spacial score (nSPS) is 23.1. The van der Waals surface area contributed by atoms with Crippen molar-refractivity contribution in [2.45, 2.75) is 32.6 Å². The summed E-state index contributed by atoms with van der Waals surface area (Å²) in [6.07, 6.45) is 6.24. The fourth-order valence-corrected chi connectivity index (χ4v) is 1.69. The molecular weight excluding hydrogens is 136 g/mol. The van der Waals surface area contributed by atoms with Crippen molar-refractivity contribution in [3.63, 3.8) is 0 Å². The van der Waals surface area contributed by atoms with Gasteiger partial charge in [0.2, 0.25) is 0 Å². The lowest BCUT2D eigenvalue weighted by atomic mass is 9.85. The van der Waals surface area contributed by atoms with Crippen molar-refractivity contribution >= 4 is 0 Å². The van der Waals surface area contributed by atoms with Crippen LogP contribution in [0.15, 0.2) is 11.8 Å². The molecule has 1 fully saturated rings. The van der Waals surface area contributed by atoms with E-state index in [1.807, 2.05) is 6.07 Å². The average molecular weight is 150 g/mol. The zero-order valence-electron chi connectivity index (χ0n) is 6.93. The van der Waals surface area contributed by atoms with E-state index in [9.17, 15) is 0 Å². The Kier molecular flexibility index (Phi) is 2.19. The molecule has 0 radical (unpaired) electrons. The molecule has 1 aliphatic rings. The van der Waals surface area contributed by atoms with Crippen molar-refractivity contribution in [3.05, 3.63) is 11.8 Å². The van der Waals surface area contributed by atoms with E-state index in [-0.39, 0.29) is 5.41 Å². The second kappa shape index (κ2) is 2.96. The van der Waals surface area contributed by atoms with Gasteiger partial charge in [-0.3, -0.25) is 0 Å². The number of hydrogen-bond acceptors (Lipinski definition) is 2. The SMILES string of the molecule is CC1(C(N)=CC#N)CCCC1. The Hall–Kier alpha value is -0.970. The monoisotopic (exact) mass is 150 g/mol. The summed E-state index contributed by atoms with van der Waals surface area (Å²) in [5.41, 5.74) is 6.64. The molecule has 0 bridgehead atoms. The zero-order valence-corrected chi connectivity index (χ0v) is 6.93. The molecule has 0 saturated heterocycles. The maximum atomic E-state index is 8.41. The van der Waals surface area contributed by atoms with E-state index in [1.54, 1.807) is 0 Å². The summed E-state index contributed by atoms with van der Waals surface area (Å²) in [6.45, 7) is 2.14. The first-order chi connectivity index (χ1) is 5.19. The van der Waals surface area contributed by atoms with Gasteiger partial charge in [0.15, 0.2) is 0 Å². The molecular formula is C9H14N2. The average Bonchev–Trinajstić information content (AvgIpc) is 2.38. The maximum absolute atomic E-state index is 8.41. The van der Waals surface area contributed by atoms with Gasteiger partial charge in [0.25, 0.3) is 0 Å². The molecule has 0 aromatic heterocycles. The van der Waals surface area contributed by atoms with Gasteiger partial charge in [-0.1, -0.05) is 19.8 Å². The third-order valence-electron chi connectivity index (χ3n) is 2.62. The van der Waals surface area contributed by atoms with Crippen molar-refractivity contribution < 1.29 is 0 Å². The first-order valence-corrected chi connectivity index (χ1v) is 4.05. The van der Waals surface area contributed by atoms with Gasteiger partial charge in [-0.15, -0.1) is 0 Å². The van der Waals surface area contributed by atoms with Crippen LogP contribution >= 0.6 is 0 Å². The molecule has 0 aromatic rings. The number of nitrogens with zero attached hydrogens (tertiary/aromatic N) is 1. The predicted molar refractivity (Wildman–Crippen MR) is 44.5 cm³/mol. The van der Waals surface area contributed by atoms with Gasteiger partial charge in [-0.25, -0.2) is 0 Å². The van der Waals surface area contributed by atoms with Gasteiger partial charge in [0.05, 0.1) is 6.07 Å². The lowest BCUT2D eigenvalue weighted by Gasteiger charge is -2.22. The lowest BCUT2D eigenvalue weighted by Crippen LogP contribution is -2.20. The van der Waals surface area contributed by atoms with Crippen LogP contribution in [0.4, 0.5) is 0 Å². The zero-order chi connectivity index (χ0) is 8.32. The third kappa shape index (κ3) is 1.54. The van der Waals surface area contributed by atoms with E-state index in [0.29, 0.717) is 0 Å². The van der Waals surface area contributed by atoms with Crippen LogP contribution in [-0.4, -0.2) is 0 Å². The highest BCUT2D eigenvalue weighted by molar-refractivity contribution is 5.18. The van der Waals surface area contributed by atoms with Gasteiger partial charge >= 0.3 is 0 Å². The largest absolute Gasteiger partial charge is 0.401 e. The summed E-state index contributed by atoms with van der Waals surface area (Å²) in [6, 6.07) is 1.98. The van der Waals surface area contributed by atoms with E-state index in [2.05, 4.69) is 6.92 Å². The Labute approximate surface area is 67.7 Å². The Bertz CT molecular complexity index is 204. The number of hydrogen-bond donors (Lipinski definition) is 1. The molecule has 60 valence electrons. The Morgan fingerprint density at radius 1 is 1.55 bits per heavy atom. The fraction of sp³-hybridized carbons (Fsp3) is 0.667. The molecule has 0 amide bonds. The highest BCUT2D eigenvalue weighted by atomic mass is 14.6. The van der Waals surface area contributed by atoms with Crippen LogP contribution in [0.5, 0.6) is 0 Å². The van der Waals surface area contributed by atoms with Crippen molar-refractivity contribution in [2.75, 3.05) is 0 Å². The maximum Gasteiger partial charge on any atom is 0.0930 e. The summed E-state index contributed by atoms with van der Waals surface area (Å²) < 4.78 is 0. The molecule has 1 rings (SSSR count). The van der Waals surface area contributed by atoms with Gasteiger partial charge in [-0.2, -0.15) is 5.26 Å². The molecule has 0 spiro atoms. The van der Waals surface area contributed by atoms with Crippen LogP contribution < -0.4 is 5.73 Å². The topological polar surface area (TPSA) is 49.8 Å². The fourth-order valence-electron chi connectivity index (χ4n) is 1.69. The van der Waals surface area contributed by atoms with E-state index in [0.717, 1.165) is 18.5 Å². The van der Waals surface area contributed by atoms with E-state index in [1.165, 1.54) is 18.9 Å². The summed E-state index contributed by atoms with van der Waals surface area (Å²) in [7, 11) is 0. The molecule has 2 heteroatoms. The second-order valence-corrected chi connectivity index (χ2v) is 3.50. The minimum absolute atomic E-state index is 0.121. The minimum Gasteiger partial charge on any atom is -0.401 e. The first-order valence-electron chi connectivity index (χ1n) is 4.05. The van der Waals surface area contributed by atoms with Crippen LogP contribution in [0.3, 0.4) is 0 Å². The number of nitriles is 1. The van der Waals surface area contributed by atoms with Gasteiger partial charge in [0, 0.05) is 17.2 Å². The van der Waals surface area contributed by atoms with E-state index < -0.39 is 0 Å². The molecule has 0 atom stereocenters. The summed E-state index contributed by atoms with van der Waals surface area (Å²) in [5, 5.41) is 8.41. The van der Waals surface area contributed by atoms with Crippen molar-refractivity contribution in [1.82, 2.24) is 0 Å². The Morgan fingerprint density at radius 3 is 2.55 bits per heavy atom. The third-order valence-corrected chi connectivity index (χ3v) is 2.62. The molecule has 11 heavy (non-hydrogen) atoms. The van der Waals surface area contributed by atoms with Crippen LogP contribution in [0.2, 0.25) is 0 Å². The van der Waals surface area contributed by atoms with E-state index >= 15 is 0 Å². The van der Waals surface area contributed by atoms with Gasteiger partial charge in [0.1, 0.15) is 0 Å². The Balaban J connectivity index is 2.73. The number of rotatable bonds is 1. The first kappa shape index (κ1) is 8.13. The molecule has 0 unspecified atom stereocenters. The molecule has 0 heterocycles. The summed E-state index contributed by atoms with van der Waals surface area (Å²) in [4.78, 5) is 0. The molecule has 0 aliphatic heterocycles. The summed E-state index contributed by atoms with van der Waals surface area (Å²) in [5.74, 6) is 0. The summed E-state index contributed by atoms with van der Waals surface area (Å²) >= 11 is 0.